The highest BCUT2D eigenvalue weighted by molar-refractivity contribution is 7.84. The Bertz CT molecular complexity index is 444. The molecule has 1 fully saturated rings. The van der Waals surface area contributed by atoms with Gasteiger partial charge in [-0.2, -0.15) is 0 Å². The maximum atomic E-state index is 13.2. The number of hydrogen-bond donors (Lipinski definition) is 0. The van der Waals surface area contributed by atoms with Crippen molar-refractivity contribution in [2.45, 2.75) is 31.1 Å². The van der Waals surface area contributed by atoms with Crippen LogP contribution in [0.5, 0.6) is 5.75 Å². The van der Waals surface area contributed by atoms with E-state index in [1.165, 1.54) is 19.2 Å². The van der Waals surface area contributed by atoms with E-state index >= 15 is 0 Å². The lowest BCUT2D eigenvalue weighted by atomic mass is 10.1. The van der Waals surface area contributed by atoms with Crippen molar-refractivity contribution in [3.63, 3.8) is 0 Å². The SMILES string of the molecule is COc1ccc(F)cc1C[S@](=O)C[C@H]1CCCCO1. The highest BCUT2D eigenvalue weighted by Gasteiger charge is 2.18. The van der Waals surface area contributed by atoms with Gasteiger partial charge in [-0.05, 0) is 37.5 Å². The molecule has 0 radical (unpaired) electrons. The van der Waals surface area contributed by atoms with Crippen molar-refractivity contribution >= 4 is 10.8 Å². The van der Waals surface area contributed by atoms with E-state index in [1.54, 1.807) is 6.07 Å². The summed E-state index contributed by atoms with van der Waals surface area (Å²) in [6.07, 6.45) is 3.26. The maximum absolute atomic E-state index is 13.2. The van der Waals surface area contributed by atoms with Crippen LogP contribution in [0.15, 0.2) is 18.2 Å². The molecule has 0 aromatic heterocycles. The Morgan fingerprint density at radius 2 is 2.32 bits per heavy atom. The Hall–Kier alpha value is -0.940. The molecule has 2 atom stereocenters. The summed E-state index contributed by atoms with van der Waals surface area (Å²) in [5, 5.41) is 0. The van der Waals surface area contributed by atoms with E-state index in [-0.39, 0.29) is 11.9 Å². The molecular weight excluding hydrogens is 267 g/mol. The molecule has 1 aliphatic heterocycles. The maximum Gasteiger partial charge on any atom is 0.123 e. The molecule has 2 rings (SSSR count). The van der Waals surface area contributed by atoms with Gasteiger partial charge < -0.3 is 9.47 Å². The molecule has 0 amide bonds. The predicted molar refractivity (Wildman–Crippen MR) is 73.3 cm³/mol. The Morgan fingerprint density at radius 1 is 1.47 bits per heavy atom. The van der Waals surface area contributed by atoms with Gasteiger partial charge in [-0.1, -0.05) is 0 Å². The topological polar surface area (TPSA) is 35.5 Å². The molecule has 3 nitrogen and oxygen atoms in total. The zero-order valence-corrected chi connectivity index (χ0v) is 11.9. The summed E-state index contributed by atoms with van der Waals surface area (Å²) in [5.41, 5.74) is 0.650. The summed E-state index contributed by atoms with van der Waals surface area (Å²) >= 11 is 0. The summed E-state index contributed by atoms with van der Waals surface area (Å²) in [5.74, 6) is 1.07. The normalized spacial score (nSPS) is 21.1. The van der Waals surface area contributed by atoms with Gasteiger partial charge in [-0.3, -0.25) is 4.21 Å². The first-order valence-corrected chi connectivity index (χ1v) is 7.97. The Kier molecular flexibility index (Phi) is 5.34. The molecule has 0 spiro atoms. The molecule has 0 unspecified atom stereocenters. The van der Waals surface area contributed by atoms with E-state index in [1.807, 2.05) is 0 Å². The van der Waals surface area contributed by atoms with Crippen LogP contribution in [0, 0.1) is 5.82 Å². The minimum Gasteiger partial charge on any atom is -0.496 e. The first-order valence-electron chi connectivity index (χ1n) is 6.48. The van der Waals surface area contributed by atoms with Crippen molar-refractivity contribution in [3.8, 4) is 5.75 Å². The molecule has 1 aliphatic rings. The van der Waals surface area contributed by atoms with E-state index in [4.69, 9.17) is 9.47 Å². The highest BCUT2D eigenvalue weighted by Crippen LogP contribution is 2.22. The van der Waals surface area contributed by atoms with Gasteiger partial charge in [0.2, 0.25) is 0 Å². The quantitative estimate of drug-likeness (QED) is 0.835. The zero-order valence-electron chi connectivity index (χ0n) is 11.1. The van der Waals surface area contributed by atoms with E-state index in [0.717, 1.165) is 25.9 Å². The van der Waals surface area contributed by atoms with Gasteiger partial charge in [0.25, 0.3) is 0 Å². The van der Waals surface area contributed by atoms with Crippen LogP contribution in [0.2, 0.25) is 0 Å². The molecule has 1 saturated heterocycles. The molecule has 0 bridgehead atoms. The van der Waals surface area contributed by atoms with Crippen LogP contribution in [-0.2, 0) is 21.3 Å². The van der Waals surface area contributed by atoms with Crippen LogP contribution in [0.4, 0.5) is 4.39 Å². The van der Waals surface area contributed by atoms with Gasteiger partial charge in [-0.15, -0.1) is 0 Å². The third-order valence-corrected chi connectivity index (χ3v) is 4.58. The van der Waals surface area contributed by atoms with Gasteiger partial charge in [0.15, 0.2) is 0 Å². The average Bonchev–Trinajstić information content (AvgIpc) is 2.40. The van der Waals surface area contributed by atoms with Crippen LogP contribution in [0.3, 0.4) is 0 Å². The first kappa shape index (κ1) is 14.5. The third kappa shape index (κ3) is 4.28. The molecule has 0 aliphatic carbocycles. The van der Waals surface area contributed by atoms with Gasteiger partial charge in [-0.25, -0.2) is 4.39 Å². The number of halogens is 1. The van der Waals surface area contributed by atoms with Gasteiger partial charge in [0.1, 0.15) is 11.6 Å². The van der Waals surface area contributed by atoms with E-state index < -0.39 is 10.8 Å². The van der Waals surface area contributed by atoms with Gasteiger partial charge >= 0.3 is 0 Å². The fourth-order valence-corrected chi connectivity index (χ4v) is 3.61. The number of ether oxygens (including phenoxy) is 2. The monoisotopic (exact) mass is 286 g/mol. The second-order valence-electron chi connectivity index (χ2n) is 4.70. The van der Waals surface area contributed by atoms with Crippen LogP contribution in [-0.4, -0.2) is 29.8 Å². The largest absolute Gasteiger partial charge is 0.496 e. The van der Waals surface area contributed by atoms with Crippen molar-refractivity contribution in [3.05, 3.63) is 29.6 Å². The molecule has 19 heavy (non-hydrogen) atoms. The molecule has 1 aromatic rings. The first-order chi connectivity index (χ1) is 9.19. The molecular formula is C14H19FO3S. The number of rotatable bonds is 5. The second kappa shape index (κ2) is 7.01. The van der Waals surface area contributed by atoms with Crippen molar-refractivity contribution in [2.24, 2.45) is 0 Å². The van der Waals surface area contributed by atoms with Gasteiger partial charge in [0.05, 0.1) is 24.7 Å². The minimum atomic E-state index is -1.06. The fraction of sp³-hybridized carbons (Fsp3) is 0.571. The van der Waals surface area contributed by atoms with E-state index in [9.17, 15) is 8.60 Å². The lowest BCUT2D eigenvalue weighted by Crippen LogP contribution is -2.25. The van der Waals surface area contributed by atoms with Crippen LogP contribution in [0.25, 0.3) is 0 Å². The summed E-state index contributed by atoms with van der Waals surface area (Å²) in [6, 6.07) is 4.30. The van der Waals surface area contributed by atoms with Crippen molar-refractivity contribution < 1.29 is 18.1 Å². The summed E-state index contributed by atoms with van der Waals surface area (Å²) in [6.45, 7) is 0.755. The Balaban J connectivity index is 1.95. The molecule has 5 heteroatoms. The number of methoxy groups -OCH3 is 1. The second-order valence-corrected chi connectivity index (χ2v) is 6.20. The molecule has 0 N–H and O–H groups in total. The van der Waals surface area contributed by atoms with Crippen molar-refractivity contribution in [2.75, 3.05) is 19.5 Å². The van der Waals surface area contributed by atoms with Gasteiger partial charge in [0, 0.05) is 23.0 Å². The average molecular weight is 286 g/mol. The Labute approximate surface area is 115 Å². The smallest absolute Gasteiger partial charge is 0.123 e. The minimum absolute atomic E-state index is 0.0779. The molecule has 106 valence electrons. The number of benzene rings is 1. The van der Waals surface area contributed by atoms with Crippen molar-refractivity contribution in [1.29, 1.82) is 0 Å². The zero-order chi connectivity index (χ0) is 13.7. The lowest BCUT2D eigenvalue weighted by molar-refractivity contribution is 0.0310. The highest BCUT2D eigenvalue weighted by atomic mass is 32.2. The van der Waals surface area contributed by atoms with Crippen molar-refractivity contribution in [1.82, 2.24) is 0 Å². The molecule has 1 aromatic carbocycles. The van der Waals surface area contributed by atoms with Crippen LogP contribution < -0.4 is 4.74 Å². The summed E-state index contributed by atoms with van der Waals surface area (Å²) < 4.78 is 36.1. The summed E-state index contributed by atoms with van der Waals surface area (Å²) in [7, 11) is 0.471. The molecule has 1 heterocycles. The Morgan fingerprint density at radius 3 is 3.00 bits per heavy atom. The van der Waals surface area contributed by atoms with E-state index in [0.29, 0.717) is 22.8 Å². The third-order valence-electron chi connectivity index (χ3n) is 3.20. The molecule has 0 saturated carbocycles. The van der Waals surface area contributed by atoms with E-state index in [2.05, 4.69) is 0 Å². The predicted octanol–water partition coefficient (Wildman–Crippen LogP) is 2.65. The lowest BCUT2D eigenvalue weighted by Gasteiger charge is -2.22. The van der Waals surface area contributed by atoms with Crippen LogP contribution in [0.1, 0.15) is 24.8 Å². The number of hydrogen-bond acceptors (Lipinski definition) is 3. The summed E-state index contributed by atoms with van der Waals surface area (Å²) in [4.78, 5) is 0. The fourth-order valence-electron chi connectivity index (χ4n) is 2.24. The standard InChI is InChI=1S/C14H19FO3S/c1-17-14-6-5-12(15)8-11(14)9-19(16)10-13-4-2-3-7-18-13/h5-6,8,13H,2-4,7,9-10H2,1H3/t13-,19+/m1/s1. The van der Waals surface area contributed by atoms with Crippen LogP contribution >= 0.6 is 0 Å².